The molecule has 2 heteroatoms. The molecule has 1 heterocycles. The minimum atomic E-state index is 0.440. The van der Waals surface area contributed by atoms with Crippen molar-refractivity contribution in [3.05, 3.63) is 29.6 Å². The number of hydrogen-bond donors (Lipinski definition) is 1. The van der Waals surface area contributed by atoms with Gasteiger partial charge in [0.2, 0.25) is 0 Å². The van der Waals surface area contributed by atoms with Gasteiger partial charge in [0.05, 0.1) is 5.69 Å². The highest BCUT2D eigenvalue weighted by atomic mass is 14.9. The quantitative estimate of drug-likeness (QED) is 0.820. The van der Waals surface area contributed by atoms with Gasteiger partial charge in [0, 0.05) is 11.7 Å². The average Bonchev–Trinajstić information content (AvgIpc) is 2.87. The summed E-state index contributed by atoms with van der Waals surface area (Å²) in [6.07, 6.45) is 8.36. The molecule has 18 heavy (non-hydrogen) atoms. The van der Waals surface area contributed by atoms with Crippen molar-refractivity contribution >= 4 is 0 Å². The smallest absolute Gasteiger partial charge is 0.0576 e. The second-order valence-corrected chi connectivity index (χ2v) is 5.54. The van der Waals surface area contributed by atoms with Gasteiger partial charge in [-0.3, -0.25) is 4.98 Å². The van der Waals surface area contributed by atoms with Crippen LogP contribution in [-0.4, -0.2) is 11.5 Å². The third-order valence-electron chi connectivity index (χ3n) is 4.06. The van der Waals surface area contributed by atoms with Crippen molar-refractivity contribution in [3.63, 3.8) is 0 Å². The maximum atomic E-state index is 4.67. The van der Waals surface area contributed by atoms with Crippen LogP contribution in [0.5, 0.6) is 0 Å². The monoisotopic (exact) mass is 246 g/mol. The number of nitrogens with one attached hydrogen (secondary N) is 1. The molecule has 0 bridgehead atoms. The summed E-state index contributed by atoms with van der Waals surface area (Å²) in [5.74, 6) is 0.968. The van der Waals surface area contributed by atoms with Crippen molar-refractivity contribution in [2.75, 3.05) is 6.54 Å². The number of aryl methyl sites for hydroxylation is 1. The standard InChI is InChI=1S/C16H26N2/c1-3-17-15(12-11-14-8-4-5-9-14)16-10-6-7-13(2)18-16/h6-7,10,14-15,17H,3-5,8-9,11-12H2,1-2H3. The van der Waals surface area contributed by atoms with Crippen LogP contribution in [0.3, 0.4) is 0 Å². The van der Waals surface area contributed by atoms with E-state index in [9.17, 15) is 0 Å². The zero-order chi connectivity index (χ0) is 12.8. The molecule has 2 nitrogen and oxygen atoms in total. The highest BCUT2D eigenvalue weighted by Crippen LogP contribution is 2.31. The number of nitrogens with zero attached hydrogens (tertiary/aromatic N) is 1. The van der Waals surface area contributed by atoms with Gasteiger partial charge in [-0.05, 0) is 44.4 Å². The highest BCUT2D eigenvalue weighted by Gasteiger charge is 2.18. The summed E-state index contributed by atoms with van der Waals surface area (Å²) in [4.78, 5) is 4.67. The molecule has 0 aliphatic heterocycles. The Hall–Kier alpha value is -0.890. The van der Waals surface area contributed by atoms with Crippen LogP contribution < -0.4 is 5.32 Å². The van der Waals surface area contributed by atoms with Gasteiger partial charge in [-0.15, -0.1) is 0 Å². The van der Waals surface area contributed by atoms with E-state index >= 15 is 0 Å². The van der Waals surface area contributed by atoms with Crippen LogP contribution >= 0.6 is 0 Å². The molecule has 0 aromatic carbocycles. The molecule has 100 valence electrons. The Morgan fingerprint density at radius 3 is 2.78 bits per heavy atom. The summed E-state index contributed by atoms with van der Waals surface area (Å²) in [6, 6.07) is 6.80. The zero-order valence-electron chi connectivity index (χ0n) is 11.8. The lowest BCUT2D eigenvalue weighted by Crippen LogP contribution is -2.22. The van der Waals surface area contributed by atoms with Gasteiger partial charge in [0.1, 0.15) is 0 Å². The van der Waals surface area contributed by atoms with Crippen LogP contribution in [0.15, 0.2) is 18.2 Å². The third kappa shape index (κ3) is 3.81. The topological polar surface area (TPSA) is 24.9 Å². The second kappa shape index (κ2) is 6.89. The fourth-order valence-corrected chi connectivity index (χ4v) is 3.06. The van der Waals surface area contributed by atoms with Gasteiger partial charge in [-0.25, -0.2) is 0 Å². The fourth-order valence-electron chi connectivity index (χ4n) is 3.06. The first-order valence-electron chi connectivity index (χ1n) is 7.46. The van der Waals surface area contributed by atoms with E-state index in [0.717, 1.165) is 18.2 Å². The number of rotatable bonds is 6. The number of hydrogen-bond acceptors (Lipinski definition) is 2. The number of pyridine rings is 1. The van der Waals surface area contributed by atoms with Crippen LogP contribution in [0.1, 0.15) is 62.9 Å². The predicted molar refractivity (Wildman–Crippen MR) is 76.6 cm³/mol. The Morgan fingerprint density at radius 1 is 1.33 bits per heavy atom. The Morgan fingerprint density at radius 2 is 2.11 bits per heavy atom. The zero-order valence-corrected chi connectivity index (χ0v) is 11.8. The van der Waals surface area contributed by atoms with Crippen molar-refractivity contribution in [1.29, 1.82) is 0 Å². The molecule has 0 amide bonds. The van der Waals surface area contributed by atoms with Crippen LogP contribution in [0.2, 0.25) is 0 Å². The van der Waals surface area contributed by atoms with E-state index in [2.05, 4.69) is 42.3 Å². The van der Waals surface area contributed by atoms with Crippen molar-refractivity contribution in [2.24, 2.45) is 5.92 Å². The molecule has 1 atom stereocenters. The maximum Gasteiger partial charge on any atom is 0.0576 e. The minimum absolute atomic E-state index is 0.440. The molecule has 1 aromatic rings. The van der Waals surface area contributed by atoms with Gasteiger partial charge < -0.3 is 5.32 Å². The second-order valence-electron chi connectivity index (χ2n) is 5.54. The molecule has 1 saturated carbocycles. The summed E-state index contributed by atoms with van der Waals surface area (Å²) in [5, 5.41) is 3.59. The SMILES string of the molecule is CCNC(CCC1CCCC1)c1cccc(C)n1. The van der Waals surface area contributed by atoms with Gasteiger partial charge in [-0.1, -0.05) is 38.7 Å². The molecule has 1 aliphatic rings. The summed E-state index contributed by atoms with van der Waals surface area (Å²) in [7, 11) is 0. The van der Waals surface area contributed by atoms with Gasteiger partial charge in [0.15, 0.2) is 0 Å². The molecule has 2 rings (SSSR count). The fraction of sp³-hybridized carbons (Fsp3) is 0.688. The Kier molecular flexibility index (Phi) is 5.18. The van der Waals surface area contributed by atoms with Crippen molar-refractivity contribution < 1.29 is 0 Å². The molecule has 1 unspecified atom stereocenters. The van der Waals surface area contributed by atoms with E-state index in [-0.39, 0.29) is 0 Å². The molecule has 1 aromatic heterocycles. The average molecular weight is 246 g/mol. The van der Waals surface area contributed by atoms with Crippen LogP contribution in [0.25, 0.3) is 0 Å². The molecular formula is C16H26N2. The molecule has 0 spiro atoms. The Bertz CT molecular complexity index is 356. The lowest BCUT2D eigenvalue weighted by Gasteiger charge is -2.19. The van der Waals surface area contributed by atoms with Crippen LogP contribution in [0, 0.1) is 12.8 Å². The van der Waals surface area contributed by atoms with Crippen molar-refractivity contribution in [1.82, 2.24) is 10.3 Å². The van der Waals surface area contributed by atoms with E-state index in [0.29, 0.717) is 6.04 Å². The Labute approximate surface area is 111 Å². The Balaban J connectivity index is 1.94. The first kappa shape index (κ1) is 13.5. The third-order valence-corrected chi connectivity index (χ3v) is 4.06. The molecular weight excluding hydrogens is 220 g/mol. The van der Waals surface area contributed by atoms with Gasteiger partial charge in [-0.2, -0.15) is 0 Å². The number of aromatic nitrogens is 1. The van der Waals surface area contributed by atoms with E-state index in [1.807, 2.05) is 0 Å². The van der Waals surface area contributed by atoms with Crippen molar-refractivity contribution in [2.45, 2.75) is 58.4 Å². The van der Waals surface area contributed by atoms with Crippen LogP contribution in [0.4, 0.5) is 0 Å². The molecule has 1 fully saturated rings. The van der Waals surface area contributed by atoms with E-state index in [4.69, 9.17) is 0 Å². The maximum absolute atomic E-state index is 4.67. The minimum Gasteiger partial charge on any atom is -0.309 e. The molecule has 0 saturated heterocycles. The predicted octanol–water partition coefficient (Wildman–Crippen LogP) is 4.01. The molecule has 1 N–H and O–H groups in total. The first-order chi connectivity index (χ1) is 8.79. The normalized spacial score (nSPS) is 18.1. The lowest BCUT2D eigenvalue weighted by atomic mass is 9.97. The molecule has 0 radical (unpaired) electrons. The largest absolute Gasteiger partial charge is 0.309 e. The van der Waals surface area contributed by atoms with Crippen molar-refractivity contribution in [3.8, 4) is 0 Å². The summed E-state index contributed by atoms with van der Waals surface area (Å²) >= 11 is 0. The van der Waals surface area contributed by atoms with Crippen LogP contribution in [-0.2, 0) is 0 Å². The first-order valence-corrected chi connectivity index (χ1v) is 7.46. The summed E-state index contributed by atoms with van der Waals surface area (Å²) < 4.78 is 0. The van der Waals surface area contributed by atoms with E-state index in [1.165, 1.54) is 44.2 Å². The summed E-state index contributed by atoms with van der Waals surface area (Å²) in [5.41, 5.74) is 2.34. The van der Waals surface area contributed by atoms with E-state index < -0.39 is 0 Å². The molecule has 1 aliphatic carbocycles. The lowest BCUT2D eigenvalue weighted by molar-refractivity contribution is 0.411. The van der Waals surface area contributed by atoms with Gasteiger partial charge in [0.25, 0.3) is 0 Å². The van der Waals surface area contributed by atoms with Gasteiger partial charge >= 0.3 is 0 Å². The highest BCUT2D eigenvalue weighted by molar-refractivity contribution is 5.13. The van der Waals surface area contributed by atoms with E-state index in [1.54, 1.807) is 0 Å². The summed E-state index contributed by atoms with van der Waals surface area (Å²) in [6.45, 7) is 5.27.